The van der Waals surface area contributed by atoms with Crippen LogP contribution in [-0.2, 0) is 0 Å². The largest absolute Gasteiger partial charge is 0.311 e. The number of anilines is 12. The van der Waals surface area contributed by atoms with Crippen LogP contribution >= 0.6 is 0 Å². The molecule has 0 fully saturated rings. The zero-order valence-electron chi connectivity index (χ0n) is 46.0. The SMILES string of the molecule is c1ccc(-c2cccc3c4cccc(-c5ccccc5)c4n(-c4cc5c6c(c4)N(c4ccc(N(c7ccccc7)c7ccccc7)cc4)c4ccccc4B6c4ccccc4N5c4ccc(N(c5ccccc5)c5ccccc5)cc4)c23)cc1. The van der Waals surface area contributed by atoms with E-state index in [1.54, 1.807) is 0 Å². The van der Waals surface area contributed by atoms with Crippen LogP contribution in [0.1, 0.15) is 0 Å². The van der Waals surface area contributed by atoms with Crippen LogP contribution in [-0.4, -0.2) is 11.3 Å². The summed E-state index contributed by atoms with van der Waals surface area (Å²) < 4.78 is 2.58. The minimum atomic E-state index is -0.0706. The standard InChI is InChI=1S/C78H54BN5/c1-7-25-55(26-8-1)66-37-23-39-68-69-40-24-38-67(56-27-9-2-10-28-56)78(69)84(77(66)68)65-53-74-76-75(54-65)83(64-51-47-62(48-52-64)81(59-33-15-5-16-34-59)60-35-17-6-18-36-60)73-44-22-20-42-71(73)79(76)70-41-19-21-43-72(70)82(74)63-49-45-61(46-50-63)80(57-29-11-3-12-30-57)58-31-13-4-14-32-58/h1-54H. The fourth-order valence-corrected chi connectivity index (χ4v) is 13.3. The third kappa shape index (κ3) is 8.10. The Morgan fingerprint density at radius 1 is 0.250 bits per heavy atom. The molecule has 0 atom stereocenters. The molecule has 2 aliphatic heterocycles. The molecule has 0 radical (unpaired) electrons. The lowest BCUT2D eigenvalue weighted by molar-refractivity contribution is 1.16. The van der Waals surface area contributed by atoms with Gasteiger partial charge in [-0.15, -0.1) is 0 Å². The molecule has 1 aromatic heterocycles. The van der Waals surface area contributed by atoms with E-state index in [2.05, 4.69) is 352 Å². The Kier molecular flexibility index (Phi) is 11.9. The molecule has 394 valence electrons. The monoisotopic (exact) mass is 1070 g/mol. The molecule has 0 N–H and O–H groups in total. The van der Waals surface area contributed by atoms with Crippen molar-refractivity contribution in [3.8, 4) is 27.9 Å². The highest BCUT2D eigenvalue weighted by Crippen LogP contribution is 2.49. The van der Waals surface area contributed by atoms with Gasteiger partial charge in [0.15, 0.2) is 0 Å². The van der Waals surface area contributed by atoms with E-state index in [-0.39, 0.29) is 6.71 Å². The summed E-state index contributed by atoms with van der Waals surface area (Å²) in [6.07, 6.45) is 0. The van der Waals surface area contributed by atoms with Gasteiger partial charge in [-0.1, -0.05) is 206 Å². The van der Waals surface area contributed by atoms with Gasteiger partial charge in [-0.3, -0.25) is 0 Å². The number of fused-ring (bicyclic) bond motifs is 7. The van der Waals surface area contributed by atoms with E-state index in [1.807, 2.05) is 0 Å². The molecule has 16 rings (SSSR count). The van der Waals surface area contributed by atoms with E-state index >= 15 is 0 Å². The molecule has 14 aromatic rings. The summed E-state index contributed by atoms with van der Waals surface area (Å²) in [6, 6.07) is 120. The van der Waals surface area contributed by atoms with Gasteiger partial charge in [-0.05, 0) is 149 Å². The van der Waals surface area contributed by atoms with Crippen molar-refractivity contribution in [2.75, 3.05) is 19.6 Å². The summed E-state index contributed by atoms with van der Waals surface area (Å²) in [5.41, 5.74) is 25.1. The minimum absolute atomic E-state index is 0.0706. The molecule has 13 aromatic carbocycles. The lowest BCUT2D eigenvalue weighted by atomic mass is 9.33. The van der Waals surface area contributed by atoms with Gasteiger partial charge in [0, 0.05) is 90.1 Å². The van der Waals surface area contributed by atoms with Gasteiger partial charge in [0.2, 0.25) is 0 Å². The lowest BCUT2D eigenvalue weighted by Crippen LogP contribution is -2.61. The number of nitrogens with zero attached hydrogens (tertiary/aromatic N) is 5. The number of benzene rings is 13. The Hall–Kier alpha value is -11.1. The first-order chi connectivity index (χ1) is 41.7. The van der Waals surface area contributed by atoms with Crippen molar-refractivity contribution in [2.24, 2.45) is 0 Å². The van der Waals surface area contributed by atoms with Crippen LogP contribution < -0.4 is 36.0 Å². The second kappa shape index (κ2) is 20.5. The average molecular weight is 1070 g/mol. The molecule has 0 amide bonds. The van der Waals surface area contributed by atoms with Crippen LogP contribution in [0.3, 0.4) is 0 Å². The fraction of sp³-hybridized carbons (Fsp3) is 0. The van der Waals surface area contributed by atoms with Crippen LogP contribution in [0.25, 0.3) is 49.7 Å². The van der Waals surface area contributed by atoms with Crippen LogP contribution in [0.4, 0.5) is 68.2 Å². The Morgan fingerprint density at radius 2 is 0.571 bits per heavy atom. The van der Waals surface area contributed by atoms with Crippen LogP contribution in [0.2, 0.25) is 0 Å². The first kappa shape index (κ1) is 48.8. The van der Waals surface area contributed by atoms with Crippen molar-refractivity contribution < 1.29 is 0 Å². The molecule has 3 heterocycles. The van der Waals surface area contributed by atoms with Crippen molar-refractivity contribution in [3.63, 3.8) is 0 Å². The van der Waals surface area contributed by atoms with E-state index in [1.165, 1.54) is 49.4 Å². The molecule has 5 nitrogen and oxygen atoms in total. The fourth-order valence-electron chi connectivity index (χ4n) is 13.3. The Labute approximate surface area is 490 Å². The quantitative estimate of drug-likeness (QED) is 0.120. The third-order valence-electron chi connectivity index (χ3n) is 16.9. The van der Waals surface area contributed by atoms with Crippen LogP contribution in [0.15, 0.2) is 328 Å². The predicted molar refractivity (Wildman–Crippen MR) is 355 cm³/mol. The first-order valence-electron chi connectivity index (χ1n) is 28.9. The molecule has 2 aliphatic rings. The smallest absolute Gasteiger partial charge is 0.252 e. The summed E-state index contributed by atoms with van der Waals surface area (Å²) >= 11 is 0. The molecule has 0 saturated carbocycles. The number of para-hydroxylation sites is 8. The average Bonchev–Trinajstić information content (AvgIpc) is 1.15. The van der Waals surface area contributed by atoms with Gasteiger partial charge in [0.05, 0.1) is 16.7 Å². The number of hydrogen-bond acceptors (Lipinski definition) is 4. The maximum atomic E-state index is 2.58. The highest BCUT2D eigenvalue weighted by atomic mass is 15.2. The molecule has 0 spiro atoms. The van der Waals surface area contributed by atoms with Crippen LogP contribution in [0.5, 0.6) is 0 Å². The molecule has 0 unspecified atom stereocenters. The van der Waals surface area contributed by atoms with E-state index in [4.69, 9.17) is 0 Å². The van der Waals surface area contributed by atoms with Crippen molar-refractivity contribution in [3.05, 3.63) is 328 Å². The van der Waals surface area contributed by atoms with Gasteiger partial charge >= 0.3 is 0 Å². The van der Waals surface area contributed by atoms with Crippen LogP contribution in [0, 0.1) is 0 Å². The summed E-state index contributed by atoms with van der Waals surface area (Å²) in [7, 11) is 0. The molecule has 6 heteroatoms. The zero-order valence-corrected chi connectivity index (χ0v) is 46.0. The van der Waals surface area contributed by atoms with Gasteiger partial charge < -0.3 is 24.2 Å². The number of hydrogen-bond donors (Lipinski definition) is 0. The maximum absolute atomic E-state index is 2.58. The number of rotatable bonds is 11. The van der Waals surface area contributed by atoms with E-state index in [0.29, 0.717) is 0 Å². The van der Waals surface area contributed by atoms with Crippen molar-refractivity contribution in [1.82, 2.24) is 4.57 Å². The normalized spacial score (nSPS) is 12.2. The topological polar surface area (TPSA) is 17.9 Å². The lowest BCUT2D eigenvalue weighted by Gasteiger charge is -2.44. The van der Waals surface area contributed by atoms with Gasteiger partial charge in [-0.25, -0.2) is 0 Å². The Bertz CT molecular complexity index is 4330. The Balaban J connectivity index is 0.982. The van der Waals surface area contributed by atoms with E-state index < -0.39 is 0 Å². The minimum Gasteiger partial charge on any atom is -0.311 e. The van der Waals surface area contributed by atoms with Gasteiger partial charge in [0.25, 0.3) is 6.71 Å². The van der Waals surface area contributed by atoms with Crippen molar-refractivity contribution >= 4 is 113 Å². The predicted octanol–water partition coefficient (Wildman–Crippen LogP) is 19.1. The van der Waals surface area contributed by atoms with Crippen molar-refractivity contribution in [1.29, 1.82) is 0 Å². The van der Waals surface area contributed by atoms with Gasteiger partial charge in [0.1, 0.15) is 0 Å². The molecule has 0 bridgehead atoms. The second-order valence-electron chi connectivity index (χ2n) is 21.6. The maximum Gasteiger partial charge on any atom is 0.252 e. The van der Waals surface area contributed by atoms with E-state index in [0.717, 1.165) is 85.0 Å². The summed E-state index contributed by atoms with van der Waals surface area (Å²) in [5.74, 6) is 0. The molecule has 0 saturated heterocycles. The summed E-state index contributed by atoms with van der Waals surface area (Å²) in [5, 5.41) is 2.40. The first-order valence-corrected chi connectivity index (χ1v) is 28.9. The highest BCUT2D eigenvalue weighted by Gasteiger charge is 2.44. The van der Waals surface area contributed by atoms with Gasteiger partial charge in [-0.2, -0.15) is 0 Å². The second-order valence-corrected chi connectivity index (χ2v) is 21.6. The molecular formula is C78H54BN5. The number of aromatic nitrogens is 1. The Morgan fingerprint density at radius 3 is 0.940 bits per heavy atom. The van der Waals surface area contributed by atoms with E-state index in [9.17, 15) is 0 Å². The molecule has 84 heavy (non-hydrogen) atoms. The summed E-state index contributed by atoms with van der Waals surface area (Å²) in [6.45, 7) is -0.0706. The highest BCUT2D eigenvalue weighted by molar-refractivity contribution is 7.00. The molecular weight excluding hydrogens is 1020 g/mol. The van der Waals surface area contributed by atoms with Crippen molar-refractivity contribution in [2.45, 2.75) is 0 Å². The third-order valence-corrected chi connectivity index (χ3v) is 16.9. The zero-order chi connectivity index (χ0) is 55.5. The summed E-state index contributed by atoms with van der Waals surface area (Å²) in [4.78, 5) is 9.74. The molecule has 0 aliphatic carbocycles.